The molecule has 27 heavy (non-hydrogen) atoms. The number of nitrogens with two attached hydrogens (primary N) is 1. The van der Waals surface area contributed by atoms with Crippen LogP contribution < -0.4 is 16.4 Å². The summed E-state index contributed by atoms with van der Waals surface area (Å²) in [5.41, 5.74) is 5.21. The van der Waals surface area contributed by atoms with Gasteiger partial charge in [-0.05, 0) is 12.5 Å². The summed E-state index contributed by atoms with van der Waals surface area (Å²) in [5.74, 6) is -3.20. The molecule has 1 spiro atoms. The maximum atomic E-state index is 13.1. The van der Waals surface area contributed by atoms with Crippen molar-refractivity contribution in [1.29, 1.82) is 0 Å². The number of amides is 4. The zero-order valence-corrected chi connectivity index (χ0v) is 14.6. The third-order valence-corrected chi connectivity index (χ3v) is 5.73. The highest BCUT2D eigenvalue weighted by atomic mass is 16.2. The Kier molecular flexibility index (Phi) is 3.88. The molecule has 4 rings (SSSR count). The van der Waals surface area contributed by atoms with E-state index in [0.717, 1.165) is 4.90 Å². The van der Waals surface area contributed by atoms with Gasteiger partial charge in [-0.2, -0.15) is 0 Å². The van der Waals surface area contributed by atoms with Gasteiger partial charge >= 0.3 is 0 Å². The Bertz CT molecular complexity index is 882. The smallest absolute Gasteiger partial charge is 0.250 e. The fourth-order valence-electron chi connectivity index (χ4n) is 4.67. The number of benzene rings is 1. The Balaban J connectivity index is 1.83. The Morgan fingerprint density at radius 3 is 2.70 bits per heavy atom. The van der Waals surface area contributed by atoms with Gasteiger partial charge in [0, 0.05) is 30.3 Å². The maximum Gasteiger partial charge on any atom is 0.250 e. The first-order valence-corrected chi connectivity index (χ1v) is 8.85. The van der Waals surface area contributed by atoms with Gasteiger partial charge in [-0.3, -0.25) is 29.4 Å². The van der Waals surface area contributed by atoms with Gasteiger partial charge in [0.1, 0.15) is 5.54 Å². The number of rotatable bonds is 5. The van der Waals surface area contributed by atoms with E-state index in [1.54, 1.807) is 24.3 Å². The molecule has 3 aliphatic rings. The molecule has 4 atom stereocenters. The monoisotopic (exact) mass is 368 g/mol. The Morgan fingerprint density at radius 2 is 2.00 bits per heavy atom. The number of hydrogen-bond donors (Lipinski definition) is 3. The molecule has 0 unspecified atom stereocenters. The number of para-hydroxylation sites is 1. The fourth-order valence-corrected chi connectivity index (χ4v) is 4.67. The van der Waals surface area contributed by atoms with Crippen LogP contribution in [-0.4, -0.2) is 41.1 Å². The van der Waals surface area contributed by atoms with Crippen LogP contribution in [0, 0.1) is 11.8 Å². The van der Waals surface area contributed by atoms with Crippen molar-refractivity contribution in [2.75, 3.05) is 11.9 Å². The molecule has 0 saturated carbocycles. The summed E-state index contributed by atoms with van der Waals surface area (Å²) in [4.78, 5) is 51.6. The molecule has 2 fully saturated rings. The van der Waals surface area contributed by atoms with Gasteiger partial charge in [0.05, 0.1) is 11.8 Å². The van der Waals surface area contributed by atoms with Crippen LogP contribution in [0.3, 0.4) is 0 Å². The molecular weight excluding hydrogens is 348 g/mol. The number of imide groups is 1. The van der Waals surface area contributed by atoms with Crippen LogP contribution in [0.2, 0.25) is 0 Å². The van der Waals surface area contributed by atoms with Crippen LogP contribution in [0.5, 0.6) is 0 Å². The van der Waals surface area contributed by atoms with Gasteiger partial charge in [0.2, 0.25) is 23.6 Å². The number of primary amides is 1. The Hall–Kier alpha value is -3.00. The van der Waals surface area contributed by atoms with Crippen LogP contribution in [0.4, 0.5) is 5.69 Å². The van der Waals surface area contributed by atoms with Crippen molar-refractivity contribution in [3.8, 4) is 0 Å². The van der Waals surface area contributed by atoms with Gasteiger partial charge < -0.3 is 11.1 Å². The number of fused-ring (bicyclic) bond motifs is 4. The molecule has 8 heteroatoms. The van der Waals surface area contributed by atoms with Crippen LogP contribution in [0.15, 0.2) is 36.9 Å². The molecule has 0 aliphatic carbocycles. The largest absolute Gasteiger partial charge is 0.370 e. The van der Waals surface area contributed by atoms with Crippen LogP contribution in [-0.2, 0) is 24.7 Å². The summed E-state index contributed by atoms with van der Waals surface area (Å²) in [6, 6.07) is 6.61. The third-order valence-electron chi connectivity index (χ3n) is 5.73. The first kappa shape index (κ1) is 17.4. The predicted molar refractivity (Wildman–Crippen MR) is 96.0 cm³/mol. The summed E-state index contributed by atoms with van der Waals surface area (Å²) in [6.07, 6.45) is 1.82. The average molecular weight is 368 g/mol. The third kappa shape index (κ3) is 2.26. The van der Waals surface area contributed by atoms with E-state index < -0.39 is 35.2 Å². The molecule has 3 heterocycles. The Morgan fingerprint density at radius 1 is 1.26 bits per heavy atom. The zero-order chi connectivity index (χ0) is 19.3. The highest BCUT2D eigenvalue weighted by Crippen LogP contribution is 2.53. The van der Waals surface area contributed by atoms with Crippen LogP contribution >= 0.6 is 0 Å². The highest BCUT2D eigenvalue weighted by Gasteiger charge is 2.70. The lowest BCUT2D eigenvalue weighted by Gasteiger charge is -2.29. The van der Waals surface area contributed by atoms with Crippen molar-refractivity contribution >= 4 is 29.3 Å². The number of likely N-dealkylation sites (tertiary alicyclic amines) is 1. The molecule has 0 aromatic heterocycles. The second-order valence-corrected chi connectivity index (χ2v) is 7.14. The average Bonchev–Trinajstić information content (AvgIpc) is 3.21. The number of hydrogen-bond acceptors (Lipinski definition) is 5. The minimum absolute atomic E-state index is 0.0587. The molecule has 4 N–H and O–H groups in total. The Labute approximate surface area is 155 Å². The van der Waals surface area contributed by atoms with E-state index in [0.29, 0.717) is 11.3 Å². The van der Waals surface area contributed by atoms with E-state index in [1.807, 2.05) is 0 Å². The van der Waals surface area contributed by atoms with Crippen molar-refractivity contribution in [3.63, 3.8) is 0 Å². The summed E-state index contributed by atoms with van der Waals surface area (Å²) in [5, 5.41) is 6.05. The van der Waals surface area contributed by atoms with E-state index in [2.05, 4.69) is 17.2 Å². The van der Waals surface area contributed by atoms with Crippen molar-refractivity contribution in [2.24, 2.45) is 17.6 Å². The summed E-state index contributed by atoms with van der Waals surface area (Å²) in [7, 11) is 0. The van der Waals surface area contributed by atoms with Crippen molar-refractivity contribution in [1.82, 2.24) is 10.2 Å². The van der Waals surface area contributed by atoms with Crippen molar-refractivity contribution in [2.45, 2.75) is 24.4 Å². The van der Waals surface area contributed by atoms with Gasteiger partial charge in [0.15, 0.2) is 0 Å². The van der Waals surface area contributed by atoms with E-state index in [9.17, 15) is 19.2 Å². The number of anilines is 1. The first-order valence-electron chi connectivity index (χ1n) is 8.85. The van der Waals surface area contributed by atoms with Gasteiger partial charge in [-0.1, -0.05) is 24.3 Å². The van der Waals surface area contributed by atoms with E-state index in [4.69, 9.17) is 5.73 Å². The summed E-state index contributed by atoms with van der Waals surface area (Å²) < 4.78 is 0. The SMILES string of the molecule is C=CCN1C(=O)[C@@H]2[C@H](CCC(N)=O)N[C@]3(C(=O)Nc4ccccc43)[C@H]2C1=O. The molecule has 0 radical (unpaired) electrons. The number of nitrogens with zero attached hydrogens (tertiary/aromatic N) is 1. The topological polar surface area (TPSA) is 122 Å². The second-order valence-electron chi connectivity index (χ2n) is 7.14. The number of nitrogens with one attached hydrogen (secondary N) is 2. The first-order chi connectivity index (χ1) is 12.9. The van der Waals surface area contributed by atoms with Crippen molar-refractivity contribution < 1.29 is 19.2 Å². The van der Waals surface area contributed by atoms with Crippen LogP contribution in [0.25, 0.3) is 0 Å². The van der Waals surface area contributed by atoms with Gasteiger partial charge in [0.25, 0.3) is 0 Å². The van der Waals surface area contributed by atoms with Crippen molar-refractivity contribution in [3.05, 3.63) is 42.5 Å². The normalized spacial score (nSPS) is 31.2. The van der Waals surface area contributed by atoms with E-state index >= 15 is 0 Å². The molecule has 0 bridgehead atoms. The maximum absolute atomic E-state index is 13.1. The molecule has 140 valence electrons. The standard InChI is InChI=1S/C19H20N4O4/c1-2-9-23-16(25)14-12(7-8-13(20)24)22-19(15(14)17(23)26)10-5-3-4-6-11(10)21-18(19)27/h2-6,12,14-15,22H,1,7-9H2,(H2,20,24)(H,21,27)/t12-,14+,15+,19-/m0/s1. The van der Waals surface area contributed by atoms with E-state index in [-0.39, 0.29) is 31.2 Å². The molecular formula is C19H20N4O4. The molecule has 1 aromatic carbocycles. The summed E-state index contributed by atoms with van der Waals surface area (Å²) >= 11 is 0. The lowest BCUT2D eigenvalue weighted by atomic mass is 9.76. The number of carbonyl (C=O) groups excluding carboxylic acids is 4. The second kappa shape index (κ2) is 6.02. The van der Waals surface area contributed by atoms with Crippen LogP contribution in [0.1, 0.15) is 18.4 Å². The lowest BCUT2D eigenvalue weighted by Crippen LogP contribution is -2.53. The minimum atomic E-state index is -1.33. The van der Waals surface area contributed by atoms with Gasteiger partial charge in [-0.15, -0.1) is 6.58 Å². The molecule has 8 nitrogen and oxygen atoms in total. The molecule has 2 saturated heterocycles. The quantitative estimate of drug-likeness (QED) is 0.493. The van der Waals surface area contributed by atoms with E-state index in [1.165, 1.54) is 6.08 Å². The molecule has 4 amide bonds. The fraction of sp³-hybridized carbons (Fsp3) is 0.368. The predicted octanol–water partition coefficient (Wildman–Crippen LogP) is -0.141. The number of carbonyl (C=O) groups is 4. The van der Waals surface area contributed by atoms with Gasteiger partial charge in [-0.25, -0.2) is 0 Å². The molecule has 1 aromatic rings. The molecule has 3 aliphatic heterocycles. The lowest BCUT2D eigenvalue weighted by molar-refractivity contribution is -0.142. The minimum Gasteiger partial charge on any atom is -0.370 e. The zero-order valence-electron chi connectivity index (χ0n) is 14.6. The highest BCUT2D eigenvalue weighted by molar-refractivity contribution is 6.15. The summed E-state index contributed by atoms with van der Waals surface area (Å²) in [6.45, 7) is 3.69.